The van der Waals surface area contributed by atoms with E-state index in [-0.39, 0.29) is 24.3 Å². The second-order valence-corrected chi connectivity index (χ2v) is 7.22. The van der Waals surface area contributed by atoms with Crippen LogP contribution in [0, 0.1) is 6.92 Å². The zero-order valence-corrected chi connectivity index (χ0v) is 17.9. The van der Waals surface area contributed by atoms with Crippen molar-refractivity contribution in [2.24, 2.45) is 4.99 Å². The fraction of sp³-hybridized carbons (Fsp3) is 0.130. The van der Waals surface area contributed by atoms with Crippen molar-refractivity contribution in [3.63, 3.8) is 0 Å². The van der Waals surface area contributed by atoms with Crippen LogP contribution in [0.2, 0.25) is 5.02 Å². The summed E-state index contributed by atoms with van der Waals surface area (Å²) in [6.07, 6.45) is 1.68. The number of carbonyl (C=O) groups excluding carboxylic acids is 2. The lowest BCUT2D eigenvalue weighted by Gasteiger charge is -2.14. The average Bonchev–Trinajstić information content (AvgIpc) is 2.74. The number of amides is 2. The molecule has 1 aromatic heterocycles. The Morgan fingerprint density at radius 3 is 2.58 bits per heavy atom. The zero-order chi connectivity index (χ0) is 22.2. The predicted molar refractivity (Wildman–Crippen MR) is 123 cm³/mol. The van der Waals surface area contributed by atoms with Gasteiger partial charge in [0.05, 0.1) is 22.9 Å². The summed E-state index contributed by atoms with van der Waals surface area (Å²) in [4.78, 5) is 32.9. The summed E-state index contributed by atoms with van der Waals surface area (Å²) in [5.74, 6) is -0.375. The third kappa shape index (κ3) is 6.65. The number of nitrogens with one attached hydrogen (secondary N) is 3. The van der Waals surface area contributed by atoms with Gasteiger partial charge in [0.25, 0.3) is 5.91 Å². The van der Waals surface area contributed by atoms with Gasteiger partial charge in [-0.25, -0.2) is 4.99 Å². The molecule has 0 saturated carbocycles. The highest BCUT2D eigenvalue weighted by Crippen LogP contribution is 2.22. The Bertz CT molecular complexity index is 1120. The molecule has 0 unspecified atom stereocenters. The van der Waals surface area contributed by atoms with Crippen molar-refractivity contribution < 1.29 is 9.59 Å². The fourth-order valence-electron chi connectivity index (χ4n) is 2.73. The number of hydrogen-bond donors (Lipinski definition) is 3. The highest BCUT2D eigenvalue weighted by Gasteiger charge is 2.12. The van der Waals surface area contributed by atoms with Gasteiger partial charge in [-0.05, 0) is 55.0 Å². The fourth-order valence-corrected chi connectivity index (χ4v) is 3.01. The van der Waals surface area contributed by atoms with Crippen LogP contribution in [0.5, 0.6) is 0 Å². The molecule has 31 heavy (non-hydrogen) atoms. The molecule has 0 atom stereocenters. The normalized spacial score (nSPS) is 11.0. The molecule has 0 aliphatic heterocycles. The number of carbonyl (C=O) groups is 2. The summed E-state index contributed by atoms with van der Waals surface area (Å²) in [6.45, 7) is 3.61. The lowest BCUT2D eigenvalue weighted by atomic mass is 10.2. The van der Waals surface area contributed by atoms with Crippen LogP contribution >= 0.6 is 11.6 Å². The van der Waals surface area contributed by atoms with Gasteiger partial charge in [-0.3, -0.25) is 19.9 Å². The van der Waals surface area contributed by atoms with Crippen LogP contribution in [0.15, 0.2) is 71.9 Å². The van der Waals surface area contributed by atoms with Gasteiger partial charge in [-0.2, -0.15) is 0 Å². The molecule has 0 saturated heterocycles. The first-order chi connectivity index (χ1) is 14.9. The number of anilines is 2. The van der Waals surface area contributed by atoms with Crippen molar-refractivity contribution in [3.8, 4) is 0 Å². The second kappa shape index (κ2) is 10.4. The Labute approximate surface area is 185 Å². The summed E-state index contributed by atoms with van der Waals surface area (Å²) >= 11 is 6.33. The van der Waals surface area contributed by atoms with Crippen LogP contribution in [0.25, 0.3) is 0 Å². The van der Waals surface area contributed by atoms with E-state index in [2.05, 4.69) is 25.9 Å². The molecule has 3 aromatic rings. The number of hydrogen-bond acceptors (Lipinski definition) is 4. The minimum absolute atomic E-state index is 0.217. The summed E-state index contributed by atoms with van der Waals surface area (Å²) in [5, 5.41) is 9.03. The van der Waals surface area contributed by atoms with Crippen molar-refractivity contribution in [2.75, 3.05) is 10.6 Å². The quantitative estimate of drug-likeness (QED) is 0.409. The van der Waals surface area contributed by atoms with Crippen LogP contribution in [0.3, 0.4) is 0 Å². The van der Waals surface area contributed by atoms with E-state index in [4.69, 9.17) is 11.6 Å². The van der Waals surface area contributed by atoms with Crippen LogP contribution in [0.4, 0.5) is 11.4 Å². The maximum absolute atomic E-state index is 12.8. The summed E-state index contributed by atoms with van der Waals surface area (Å²) in [7, 11) is 0. The maximum Gasteiger partial charge on any atom is 0.258 e. The van der Waals surface area contributed by atoms with Gasteiger partial charge < -0.3 is 10.6 Å². The molecule has 0 fully saturated rings. The summed E-state index contributed by atoms with van der Waals surface area (Å²) in [5.41, 5.74) is 3.27. The maximum atomic E-state index is 12.8. The molecule has 2 aromatic carbocycles. The van der Waals surface area contributed by atoms with Crippen molar-refractivity contribution in [1.29, 1.82) is 0 Å². The van der Waals surface area contributed by atoms with Gasteiger partial charge in [-0.15, -0.1) is 0 Å². The number of halogens is 1. The smallest absolute Gasteiger partial charge is 0.258 e. The van der Waals surface area contributed by atoms with E-state index >= 15 is 0 Å². The van der Waals surface area contributed by atoms with E-state index in [1.807, 2.05) is 43.3 Å². The number of guanidine groups is 1. The van der Waals surface area contributed by atoms with Crippen LogP contribution in [0.1, 0.15) is 28.5 Å². The topological polar surface area (TPSA) is 95.5 Å². The average molecular weight is 436 g/mol. The largest absolute Gasteiger partial charge is 0.326 e. The van der Waals surface area contributed by atoms with E-state index in [1.54, 1.807) is 30.5 Å². The second-order valence-electron chi connectivity index (χ2n) is 6.81. The molecule has 158 valence electrons. The molecule has 1 heterocycles. The third-order valence-electron chi connectivity index (χ3n) is 4.18. The summed E-state index contributed by atoms with van der Waals surface area (Å²) < 4.78 is 0. The number of benzene rings is 2. The molecule has 0 radical (unpaired) electrons. The SMILES string of the molecule is CC(=O)Nc1cccc(C(=O)NC(=NCc2ccccn2)Nc2ccc(C)cc2Cl)c1. The molecular weight excluding hydrogens is 414 g/mol. The number of rotatable bonds is 5. The van der Waals surface area contributed by atoms with Crippen LogP contribution < -0.4 is 16.0 Å². The Balaban J connectivity index is 1.83. The predicted octanol–water partition coefficient (Wildman–Crippen LogP) is 4.40. The number of aromatic nitrogens is 1. The Morgan fingerprint density at radius 1 is 1.03 bits per heavy atom. The van der Waals surface area contributed by atoms with Gasteiger partial charge in [0.15, 0.2) is 0 Å². The molecule has 7 nitrogen and oxygen atoms in total. The van der Waals surface area contributed by atoms with Gasteiger partial charge in [-0.1, -0.05) is 29.8 Å². The molecular formula is C23H22ClN5O2. The van der Waals surface area contributed by atoms with Gasteiger partial charge >= 0.3 is 0 Å². The highest BCUT2D eigenvalue weighted by molar-refractivity contribution is 6.34. The van der Waals surface area contributed by atoms with Crippen molar-refractivity contribution in [3.05, 3.63) is 88.7 Å². The molecule has 3 rings (SSSR count). The van der Waals surface area contributed by atoms with Crippen molar-refractivity contribution >= 4 is 40.7 Å². The van der Waals surface area contributed by atoms with Crippen molar-refractivity contribution in [1.82, 2.24) is 10.3 Å². The lowest BCUT2D eigenvalue weighted by Crippen LogP contribution is -2.36. The van der Waals surface area contributed by atoms with Crippen LogP contribution in [-0.4, -0.2) is 22.8 Å². The van der Waals surface area contributed by atoms with Gasteiger partial charge in [0.1, 0.15) is 0 Å². The Morgan fingerprint density at radius 2 is 1.87 bits per heavy atom. The standard InChI is InChI=1S/C23H22ClN5O2/c1-15-9-10-21(20(24)12-15)28-23(26-14-19-7-3-4-11-25-19)29-22(31)17-6-5-8-18(13-17)27-16(2)30/h3-13H,14H2,1-2H3,(H,27,30)(H2,26,28,29,31). The zero-order valence-electron chi connectivity index (χ0n) is 17.1. The summed E-state index contributed by atoms with van der Waals surface area (Å²) in [6, 6.07) is 17.7. The van der Waals surface area contributed by atoms with E-state index in [9.17, 15) is 9.59 Å². The molecule has 0 aliphatic carbocycles. The molecule has 3 N–H and O–H groups in total. The van der Waals surface area contributed by atoms with Gasteiger partial charge in [0, 0.05) is 24.4 Å². The number of pyridine rings is 1. The van der Waals surface area contributed by atoms with Crippen LogP contribution in [-0.2, 0) is 11.3 Å². The van der Waals surface area contributed by atoms with E-state index in [0.717, 1.165) is 11.3 Å². The molecule has 0 aliphatic rings. The number of nitrogens with zero attached hydrogens (tertiary/aromatic N) is 2. The Kier molecular flexibility index (Phi) is 7.35. The first-order valence-electron chi connectivity index (χ1n) is 9.57. The lowest BCUT2D eigenvalue weighted by molar-refractivity contribution is -0.114. The van der Waals surface area contributed by atoms with E-state index in [0.29, 0.717) is 22.0 Å². The molecule has 8 heteroatoms. The highest BCUT2D eigenvalue weighted by atomic mass is 35.5. The third-order valence-corrected chi connectivity index (χ3v) is 4.49. The van der Waals surface area contributed by atoms with Crippen molar-refractivity contribution in [2.45, 2.75) is 20.4 Å². The Hall–Kier alpha value is -3.71. The first-order valence-corrected chi connectivity index (χ1v) is 9.95. The number of aryl methyl sites for hydroxylation is 1. The van der Waals surface area contributed by atoms with E-state index in [1.165, 1.54) is 6.92 Å². The molecule has 2 amide bonds. The number of aliphatic imine (C=N–C) groups is 1. The van der Waals surface area contributed by atoms with E-state index < -0.39 is 0 Å². The monoisotopic (exact) mass is 435 g/mol. The first kappa shape index (κ1) is 22.0. The van der Waals surface area contributed by atoms with Gasteiger partial charge in [0.2, 0.25) is 11.9 Å². The minimum Gasteiger partial charge on any atom is -0.326 e. The molecule has 0 spiro atoms. The molecule has 0 bridgehead atoms. The minimum atomic E-state index is -0.386.